The highest BCUT2D eigenvalue weighted by molar-refractivity contribution is 6.12. The van der Waals surface area contributed by atoms with Crippen LogP contribution >= 0.6 is 0 Å². The topological polar surface area (TPSA) is 47.9 Å². The van der Waals surface area contributed by atoms with Gasteiger partial charge in [0.1, 0.15) is 5.75 Å². The van der Waals surface area contributed by atoms with Crippen LogP contribution in [-0.2, 0) is 9.53 Å². The average Bonchev–Trinajstić information content (AvgIpc) is 3.09. The first kappa shape index (κ1) is 20.8. The van der Waals surface area contributed by atoms with Crippen molar-refractivity contribution in [1.29, 1.82) is 0 Å². The maximum Gasteiger partial charge on any atom is 0.363 e. The smallest absolute Gasteiger partial charge is 0.363 e. The summed E-state index contributed by atoms with van der Waals surface area (Å²) in [7, 11) is 0. The van der Waals surface area contributed by atoms with E-state index in [2.05, 4.69) is 11.9 Å². The average molecular weight is 392 g/mol. The first-order valence-electron chi connectivity index (χ1n) is 10.5. The monoisotopic (exact) mass is 391 g/mol. The molecule has 0 spiro atoms. The lowest BCUT2D eigenvalue weighted by Crippen LogP contribution is -2.05. The van der Waals surface area contributed by atoms with E-state index < -0.39 is 5.97 Å². The molecule has 4 nitrogen and oxygen atoms in total. The van der Waals surface area contributed by atoms with Crippen LogP contribution in [0, 0.1) is 6.92 Å². The fourth-order valence-electron chi connectivity index (χ4n) is 3.20. The van der Waals surface area contributed by atoms with Crippen LogP contribution in [0.2, 0.25) is 0 Å². The van der Waals surface area contributed by atoms with Gasteiger partial charge >= 0.3 is 5.97 Å². The standard InChI is InChI=1S/C25H29NO3/c1-3-4-5-6-7-8-16-28-22-14-12-20(13-15-22)18-23-25(27)29-24(26-23)21-11-9-10-19(2)17-21/h9-15,17-18H,3-8,16H2,1-2H3/b23-18-. The number of ether oxygens (including phenoxy) is 2. The number of benzene rings is 2. The number of rotatable bonds is 10. The number of nitrogens with zero attached hydrogens (tertiary/aromatic N) is 1. The summed E-state index contributed by atoms with van der Waals surface area (Å²) in [5, 5.41) is 0. The Hall–Kier alpha value is -2.88. The molecular formula is C25H29NO3. The molecule has 0 bridgehead atoms. The summed E-state index contributed by atoms with van der Waals surface area (Å²) in [5.41, 5.74) is 3.09. The Morgan fingerprint density at radius 1 is 1.00 bits per heavy atom. The number of aryl methyl sites for hydroxylation is 1. The Balaban J connectivity index is 1.54. The van der Waals surface area contributed by atoms with Gasteiger partial charge in [-0.25, -0.2) is 9.79 Å². The largest absolute Gasteiger partial charge is 0.494 e. The van der Waals surface area contributed by atoms with E-state index in [1.54, 1.807) is 6.08 Å². The molecule has 0 amide bonds. The van der Waals surface area contributed by atoms with E-state index >= 15 is 0 Å². The first-order chi connectivity index (χ1) is 14.2. The zero-order valence-electron chi connectivity index (χ0n) is 17.3. The minimum Gasteiger partial charge on any atom is -0.494 e. The van der Waals surface area contributed by atoms with Crippen molar-refractivity contribution in [2.24, 2.45) is 4.99 Å². The van der Waals surface area contributed by atoms with E-state index in [0.717, 1.165) is 35.5 Å². The number of carbonyl (C=O) groups is 1. The van der Waals surface area contributed by atoms with Gasteiger partial charge in [-0.15, -0.1) is 0 Å². The van der Waals surface area contributed by atoms with Crippen LogP contribution in [0.3, 0.4) is 0 Å². The number of aliphatic imine (C=N–C) groups is 1. The van der Waals surface area contributed by atoms with Gasteiger partial charge in [-0.3, -0.25) is 0 Å². The van der Waals surface area contributed by atoms with Crippen LogP contribution in [0.15, 0.2) is 59.2 Å². The molecule has 2 aromatic rings. The lowest BCUT2D eigenvalue weighted by Gasteiger charge is -2.06. The molecule has 0 N–H and O–H groups in total. The molecule has 0 fully saturated rings. The number of cyclic esters (lactones) is 1. The minimum atomic E-state index is -0.426. The molecule has 1 heterocycles. The number of carbonyl (C=O) groups excluding carboxylic acids is 1. The Morgan fingerprint density at radius 3 is 2.52 bits per heavy atom. The molecule has 0 radical (unpaired) electrons. The van der Waals surface area contributed by atoms with E-state index in [1.165, 1.54) is 32.1 Å². The van der Waals surface area contributed by atoms with E-state index in [9.17, 15) is 4.79 Å². The van der Waals surface area contributed by atoms with E-state index in [-0.39, 0.29) is 0 Å². The molecule has 0 aliphatic carbocycles. The molecule has 2 aromatic carbocycles. The van der Waals surface area contributed by atoms with Crippen molar-refractivity contribution < 1.29 is 14.3 Å². The Kier molecular flexibility index (Phi) is 7.62. The van der Waals surface area contributed by atoms with Crippen molar-refractivity contribution in [3.05, 3.63) is 70.9 Å². The third kappa shape index (κ3) is 6.31. The van der Waals surface area contributed by atoms with Gasteiger partial charge < -0.3 is 9.47 Å². The Bertz CT molecular complexity index is 881. The van der Waals surface area contributed by atoms with Crippen LogP contribution in [0.5, 0.6) is 5.75 Å². The highest BCUT2D eigenvalue weighted by atomic mass is 16.6. The summed E-state index contributed by atoms with van der Waals surface area (Å²) >= 11 is 0. The second-order valence-electron chi connectivity index (χ2n) is 7.39. The third-order valence-corrected chi connectivity index (χ3v) is 4.84. The van der Waals surface area contributed by atoms with Crippen LogP contribution in [-0.4, -0.2) is 18.5 Å². The van der Waals surface area contributed by atoms with E-state index in [4.69, 9.17) is 9.47 Å². The first-order valence-corrected chi connectivity index (χ1v) is 10.5. The maximum absolute atomic E-state index is 12.2. The molecule has 29 heavy (non-hydrogen) atoms. The zero-order chi connectivity index (χ0) is 20.5. The molecule has 3 rings (SSSR count). The summed E-state index contributed by atoms with van der Waals surface area (Å²) < 4.78 is 11.1. The second kappa shape index (κ2) is 10.6. The van der Waals surface area contributed by atoms with E-state index in [0.29, 0.717) is 11.6 Å². The normalized spacial score (nSPS) is 14.8. The van der Waals surface area contributed by atoms with Gasteiger partial charge in [0.25, 0.3) is 0 Å². The van der Waals surface area contributed by atoms with Crippen molar-refractivity contribution >= 4 is 17.9 Å². The third-order valence-electron chi connectivity index (χ3n) is 4.84. The Labute approximate surface area is 173 Å². The Morgan fingerprint density at radius 2 is 1.76 bits per heavy atom. The summed E-state index contributed by atoms with van der Waals surface area (Å²) in [6.45, 7) is 4.96. The predicted octanol–water partition coefficient (Wildman–Crippen LogP) is 6.08. The van der Waals surface area contributed by atoms with Gasteiger partial charge in [0.15, 0.2) is 5.70 Å². The number of hydrogen-bond donors (Lipinski definition) is 0. The highest BCUT2D eigenvalue weighted by Gasteiger charge is 2.24. The number of unbranched alkanes of at least 4 members (excludes halogenated alkanes) is 5. The van der Waals surface area contributed by atoms with E-state index in [1.807, 2.05) is 55.5 Å². The van der Waals surface area contributed by atoms with Gasteiger partial charge in [0.2, 0.25) is 5.90 Å². The highest BCUT2D eigenvalue weighted by Crippen LogP contribution is 2.21. The molecule has 0 saturated heterocycles. The molecule has 152 valence electrons. The summed E-state index contributed by atoms with van der Waals surface area (Å²) in [4.78, 5) is 16.5. The lowest BCUT2D eigenvalue weighted by molar-refractivity contribution is -0.129. The van der Waals surface area contributed by atoms with Gasteiger partial charge in [-0.1, -0.05) is 68.9 Å². The zero-order valence-corrected chi connectivity index (χ0v) is 17.3. The summed E-state index contributed by atoms with van der Waals surface area (Å²) in [6, 6.07) is 15.5. The van der Waals surface area contributed by atoms with Gasteiger partial charge in [-0.05, 0) is 49.2 Å². The second-order valence-corrected chi connectivity index (χ2v) is 7.39. The molecule has 0 saturated carbocycles. The molecule has 0 unspecified atom stereocenters. The van der Waals surface area contributed by atoms with Crippen molar-refractivity contribution in [3.8, 4) is 5.75 Å². The molecule has 1 aliphatic rings. The maximum atomic E-state index is 12.2. The molecule has 1 aliphatic heterocycles. The molecule has 0 atom stereocenters. The predicted molar refractivity (Wildman–Crippen MR) is 117 cm³/mol. The number of esters is 1. The molecule has 0 aromatic heterocycles. The van der Waals surface area contributed by atoms with Crippen molar-refractivity contribution in [2.75, 3.05) is 6.61 Å². The summed E-state index contributed by atoms with van der Waals surface area (Å²) in [5.74, 6) is 0.771. The van der Waals surface area contributed by atoms with Crippen LogP contribution in [0.4, 0.5) is 0 Å². The van der Waals surface area contributed by atoms with Crippen LogP contribution in [0.1, 0.15) is 62.1 Å². The quantitative estimate of drug-likeness (QED) is 0.280. The number of hydrogen-bond acceptors (Lipinski definition) is 4. The van der Waals surface area contributed by atoms with Crippen molar-refractivity contribution in [2.45, 2.75) is 52.4 Å². The molecular weight excluding hydrogens is 362 g/mol. The van der Waals surface area contributed by atoms with Gasteiger partial charge in [0, 0.05) is 5.56 Å². The van der Waals surface area contributed by atoms with Crippen LogP contribution in [0.25, 0.3) is 6.08 Å². The lowest BCUT2D eigenvalue weighted by atomic mass is 10.1. The summed E-state index contributed by atoms with van der Waals surface area (Å²) in [6.07, 6.45) is 9.23. The van der Waals surface area contributed by atoms with Crippen LogP contribution < -0.4 is 4.74 Å². The fourth-order valence-corrected chi connectivity index (χ4v) is 3.20. The molecule has 4 heteroatoms. The van der Waals surface area contributed by atoms with Gasteiger partial charge in [-0.2, -0.15) is 0 Å². The SMILES string of the molecule is CCCCCCCCOc1ccc(/C=C2\N=C(c3cccc(C)c3)OC2=O)cc1. The van der Waals surface area contributed by atoms with Crippen molar-refractivity contribution in [1.82, 2.24) is 0 Å². The fraction of sp³-hybridized carbons (Fsp3) is 0.360. The van der Waals surface area contributed by atoms with Gasteiger partial charge in [0.05, 0.1) is 6.61 Å². The van der Waals surface area contributed by atoms with Crippen molar-refractivity contribution in [3.63, 3.8) is 0 Å². The minimum absolute atomic E-state index is 0.308.